The molecule has 0 aromatic carbocycles. The third-order valence-electron chi connectivity index (χ3n) is 5.61. The lowest BCUT2D eigenvalue weighted by molar-refractivity contribution is 0.204. The molecule has 0 spiro atoms. The van der Waals surface area contributed by atoms with Crippen molar-refractivity contribution in [2.24, 2.45) is 5.92 Å². The molecule has 2 heterocycles. The smallest absolute Gasteiger partial charge is 0.141 e. The van der Waals surface area contributed by atoms with Crippen molar-refractivity contribution in [1.29, 1.82) is 5.41 Å². The number of anilines is 2. The van der Waals surface area contributed by atoms with Gasteiger partial charge in [0, 0.05) is 30.0 Å². The molecule has 2 aliphatic rings. The second kappa shape index (κ2) is 10.3. The van der Waals surface area contributed by atoms with Gasteiger partial charge in [0.25, 0.3) is 0 Å². The van der Waals surface area contributed by atoms with E-state index in [0.717, 1.165) is 16.8 Å². The highest BCUT2D eigenvalue weighted by molar-refractivity contribution is 6.16. The Morgan fingerprint density at radius 3 is 2.60 bits per heavy atom. The van der Waals surface area contributed by atoms with E-state index >= 15 is 0 Å². The van der Waals surface area contributed by atoms with E-state index in [0.29, 0.717) is 29.3 Å². The summed E-state index contributed by atoms with van der Waals surface area (Å²) in [4.78, 5) is 12.1. The standard InChI is InChI=1S/C26H27FN6O2/c1-15-9-19(7-8-22(15)24(28)23-25(29)32-14-33-26(23)30)35-20-6-5-18(27)10-21(11-20)34-13-17-4-3-16(2)31-12-17/h3-8,10-12,14-15,18,28H,9,13H2,1-2H3,(H4,29,30,32,33). The predicted octanol–water partition coefficient (Wildman–Crippen LogP) is 4.47. The zero-order valence-corrected chi connectivity index (χ0v) is 19.5. The maximum absolute atomic E-state index is 14.2. The van der Waals surface area contributed by atoms with Crippen molar-refractivity contribution < 1.29 is 13.9 Å². The number of allylic oxidation sites excluding steroid dienone is 8. The van der Waals surface area contributed by atoms with Gasteiger partial charge in [0.05, 0.1) is 11.3 Å². The van der Waals surface area contributed by atoms with E-state index in [-0.39, 0.29) is 29.9 Å². The molecule has 2 aliphatic carbocycles. The van der Waals surface area contributed by atoms with Crippen LogP contribution < -0.4 is 11.5 Å². The van der Waals surface area contributed by atoms with E-state index in [1.54, 1.807) is 30.5 Å². The minimum atomic E-state index is -1.30. The number of nitrogen functional groups attached to an aromatic ring is 2. The van der Waals surface area contributed by atoms with Crippen LogP contribution in [-0.4, -0.2) is 26.8 Å². The van der Waals surface area contributed by atoms with Crippen molar-refractivity contribution in [3.63, 3.8) is 0 Å². The molecule has 2 aromatic heterocycles. The SMILES string of the molecule is Cc1ccc(COC2=CC(F)C=CC(OC3=CC=C(C(=N)c4c(N)ncnc4N)C(C)C3)=C2)cn1. The van der Waals surface area contributed by atoms with Crippen molar-refractivity contribution >= 4 is 17.3 Å². The second-order valence-electron chi connectivity index (χ2n) is 8.37. The van der Waals surface area contributed by atoms with Crippen LogP contribution in [0.5, 0.6) is 0 Å². The van der Waals surface area contributed by atoms with Crippen LogP contribution in [0.1, 0.15) is 30.2 Å². The van der Waals surface area contributed by atoms with Gasteiger partial charge in [-0.05, 0) is 48.8 Å². The predicted molar refractivity (Wildman–Crippen MR) is 133 cm³/mol. The molecular formula is C26H27FN6O2. The molecular weight excluding hydrogens is 447 g/mol. The van der Waals surface area contributed by atoms with Crippen LogP contribution in [0.4, 0.5) is 16.0 Å². The van der Waals surface area contributed by atoms with E-state index in [1.165, 1.54) is 18.5 Å². The molecule has 180 valence electrons. The molecule has 9 heteroatoms. The fourth-order valence-electron chi connectivity index (χ4n) is 3.74. The molecule has 0 bridgehead atoms. The van der Waals surface area contributed by atoms with Gasteiger partial charge in [0.15, 0.2) is 0 Å². The summed E-state index contributed by atoms with van der Waals surface area (Å²) in [6.45, 7) is 4.15. The third kappa shape index (κ3) is 5.81. The normalized spacial score (nSPS) is 19.6. The molecule has 8 nitrogen and oxygen atoms in total. The molecule has 5 N–H and O–H groups in total. The van der Waals surface area contributed by atoms with Gasteiger partial charge >= 0.3 is 0 Å². The zero-order chi connectivity index (χ0) is 24.9. The van der Waals surface area contributed by atoms with Gasteiger partial charge in [0.1, 0.15) is 48.0 Å². The first-order valence-corrected chi connectivity index (χ1v) is 11.1. The lowest BCUT2D eigenvalue weighted by Crippen LogP contribution is -2.19. The maximum Gasteiger partial charge on any atom is 0.141 e. The summed E-state index contributed by atoms with van der Waals surface area (Å²) in [5.74, 6) is 1.78. The van der Waals surface area contributed by atoms with Crippen LogP contribution in [0.15, 0.2) is 84.0 Å². The Labute approximate surface area is 203 Å². The van der Waals surface area contributed by atoms with Crippen LogP contribution in [0, 0.1) is 18.3 Å². The van der Waals surface area contributed by atoms with Gasteiger partial charge in [-0.15, -0.1) is 0 Å². The summed E-state index contributed by atoms with van der Waals surface area (Å²) in [5, 5.41) is 8.59. The zero-order valence-electron chi connectivity index (χ0n) is 19.5. The highest BCUT2D eigenvalue weighted by atomic mass is 19.1. The molecule has 4 rings (SSSR count). The number of hydrogen-bond donors (Lipinski definition) is 3. The number of halogens is 1. The largest absolute Gasteiger partial charge is 0.489 e. The van der Waals surface area contributed by atoms with Crippen molar-refractivity contribution in [3.05, 3.63) is 101 Å². The molecule has 0 saturated heterocycles. The molecule has 0 amide bonds. The number of pyridine rings is 1. The number of aromatic nitrogens is 3. The average molecular weight is 475 g/mol. The first-order valence-electron chi connectivity index (χ1n) is 11.1. The van der Waals surface area contributed by atoms with Crippen LogP contribution >= 0.6 is 0 Å². The highest BCUT2D eigenvalue weighted by Gasteiger charge is 2.24. The molecule has 0 radical (unpaired) electrons. The first-order chi connectivity index (χ1) is 16.8. The second-order valence-corrected chi connectivity index (χ2v) is 8.37. The number of aryl methyl sites for hydroxylation is 1. The van der Waals surface area contributed by atoms with Gasteiger partial charge in [-0.25, -0.2) is 14.4 Å². The van der Waals surface area contributed by atoms with E-state index in [9.17, 15) is 4.39 Å². The quantitative estimate of drug-likeness (QED) is 0.504. The average Bonchev–Trinajstić information content (AvgIpc) is 2.99. The number of rotatable bonds is 7. The first kappa shape index (κ1) is 23.9. The van der Waals surface area contributed by atoms with E-state index in [2.05, 4.69) is 15.0 Å². The molecule has 2 unspecified atom stereocenters. The minimum absolute atomic E-state index is 0.0499. The van der Waals surface area contributed by atoms with Crippen molar-refractivity contribution in [1.82, 2.24) is 15.0 Å². The summed E-state index contributed by atoms with van der Waals surface area (Å²) in [5.41, 5.74) is 14.9. The van der Waals surface area contributed by atoms with E-state index in [4.69, 9.17) is 26.4 Å². The van der Waals surface area contributed by atoms with Gasteiger partial charge in [-0.2, -0.15) is 0 Å². The van der Waals surface area contributed by atoms with E-state index < -0.39 is 6.17 Å². The molecule has 0 aliphatic heterocycles. The minimum Gasteiger partial charge on any atom is -0.489 e. The van der Waals surface area contributed by atoms with Crippen LogP contribution in [-0.2, 0) is 16.1 Å². The third-order valence-corrected chi connectivity index (χ3v) is 5.61. The summed E-state index contributed by atoms with van der Waals surface area (Å²) in [6, 6.07) is 3.82. The van der Waals surface area contributed by atoms with Crippen LogP contribution in [0.25, 0.3) is 0 Å². The number of nitrogens with two attached hydrogens (primary N) is 2. The molecule has 2 atom stereocenters. The van der Waals surface area contributed by atoms with Crippen molar-refractivity contribution in [2.75, 3.05) is 11.5 Å². The molecule has 0 fully saturated rings. The van der Waals surface area contributed by atoms with Crippen molar-refractivity contribution in [2.45, 2.75) is 33.0 Å². The number of hydrogen-bond acceptors (Lipinski definition) is 8. The Morgan fingerprint density at radius 2 is 1.91 bits per heavy atom. The van der Waals surface area contributed by atoms with Gasteiger partial charge in [-0.3, -0.25) is 10.4 Å². The number of nitrogens with one attached hydrogen (secondary N) is 1. The summed E-state index contributed by atoms with van der Waals surface area (Å²) < 4.78 is 26.1. The Morgan fingerprint density at radius 1 is 1.14 bits per heavy atom. The summed E-state index contributed by atoms with van der Waals surface area (Å²) in [6.07, 6.45) is 11.9. The Balaban J connectivity index is 1.48. The van der Waals surface area contributed by atoms with Crippen LogP contribution in [0.2, 0.25) is 0 Å². The topological polar surface area (TPSA) is 133 Å². The molecule has 0 saturated carbocycles. The Kier molecular flexibility index (Phi) is 7.05. The van der Waals surface area contributed by atoms with Gasteiger partial charge in [-0.1, -0.05) is 19.1 Å². The monoisotopic (exact) mass is 474 g/mol. The summed E-state index contributed by atoms with van der Waals surface area (Å²) >= 11 is 0. The Bertz CT molecular complexity index is 1260. The fraction of sp³-hybridized carbons (Fsp3) is 0.231. The van der Waals surface area contributed by atoms with Gasteiger partial charge in [0.2, 0.25) is 0 Å². The van der Waals surface area contributed by atoms with Gasteiger partial charge < -0.3 is 20.9 Å². The Hall–Kier alpha value is -4.27. The highest BCUT2D eigenvalue weighted by Crippen LogP contribution is 2.32. The summed E-state index contributed by atoms with van der Waals surface area (Å²) in [7, 11) is 0. The number of alkyl halides is 1. The maximum atomic E-state index is 14.2. The molecule has 2 aromatic rings. The lowest BCUT2D eigenvalue weighted by atomic mass is 9.86. The number of ether oxygens (including phenoxy) is 2. The lowest BCUT2D eigenvalue weighted by Gasteiger charge is -2.23. The van der Waals surface area contributed by atoms with E-state index in [1.807, 2.05) is 26.0 Å². The fourth-order valence-corrected chi connectivity index (χ4v) is 3.74. The van der Waals surface area contributed by atoms with Crippen molar-refractivity contribution in [3.8, 4) is 0 Å². The number of nitrogens with zero attached hydrogens (tertiary/aromatic N) is 3. The van der Waals surface area contributed by atoms with Crippen LogP contribution in [0.3, 0.4) is 0 Å². The molecule has 35 heavy (non-hydrogen) atoms.